The number of amides is 3. The maximum Gasteiger partial charge on any atom is 0.269 e. The number of carbonyl (C=O) groups is 3. The van der Waals surface area contributed by atoms with Gasteiger partial charge in [-0.15, -0.1) is 0 Å². The summed E-state index contributed by atoms with van der Waals surface area (Å²) in [5.74, 6) is -1.49. The largest absolute Gasteiger partial charge is 0.378 e. The van der Waals surface area contributed by atoms with Crippen molar-refractivity contribution in [1.29, 1.82) is 0 Å². The van der Waals surface area contributed by atoms with Gasteiger partial charge in [-0.1, -0.05) is 26.2 Å². The topological polar surface area (TPSA) is 102 Å². The van der Waals surface area contributed by atoms with Crippen LogP contribution in [0.2, 0.25) is 0 Å². The molecule has 0 spiro atoms. The summed E-state index contributed by atoms with van der Waals surface area (Å²) in [5, 5.41) is 9.80. The van der Waals surface area contributed by atoms with Gasteiger partial charge >= 0.3 is 0 Å². The number of hydrazine groups is 1. The zero-order valence-corrected chi connectivity index (χ0v) is 15.6. The second-order valence-electron chi connectivity index (χ2n) is 6.30. The van der Waals surface area contributed by atoms with E-state index in [1.54, 1.807) is 24.3 Å². The van der Waals surface area contributed by atoms with Crippen LogP contribution in [0.15, 0.2) is 24.3 Å². The van der Waals surface area contributed by atoms with Crippen LogP contribution in [-0.4, -0.2) is 49.1 Å². The van der Waals surface area contributed by atoms with E-state index in [1.807, 2.05) is 25.9 Å². The first-order valence-corrected chi connectivity index (χ1v) is 8.67. The molecule has 0 radical (unpaired) electrons. The summed E-state index contributed by atoms with van der Waals surface area (Å²) in [4.78, 5) is 36.9. The van der Waals surface area contributed by atoms with Crippen molar-refractivity contribution in [3.05, 3.63) is 29.8 Å². The molecule has 0 aromatic heterocycles. The normalized spacial score (nSPS) is 11.4. The van der Waals surface area contributed by atoms with E-state index in [0.717, 1.165) is 24.9 Å². The third-order valence-corrected chi connectivity index (χ3v) is 4.00. The molecular formula is C18H28N4O4. The fourth-order valence-electron chi connectivity index (χ4n) is 2.42. The molecule has 0 fully saturated rings. The number of benzene rings is 1. The Morgan fingerprint density at radius 1 is 1.15 bits per heavy atom. The van der Waals surface area contributed by atoms with E-state index < -0.39 is 17.7 Å². The molecule has 1 atom stereocenters. The molecule has 3 amide bonds. The van der Waals surface area contributed by atoms with Gasteiger partial charge in [0, 0.05) is 25.3 Å². The maximum absolute atomic E-state index is 12.3. The molecule has 1 aromatic carbocycles. The van der Waals surface area contributed by atoms with Crippen molar-refractivity contribution in [3.8, 4) is 0 Å². The number of carbonyl (C=O) groups excluding carboxylic acids is 3. The standard InChI is InChI=1S/C18H28N4O4/c1-4-5-6-7-15(12-22(26)13-23)18(25)20-19-17(24)14-8-10-16(11-9-14)21(2)3/h8-11,13,15,26H,4-7,12H2,1-3H3,(H,19,24)(H,20,25)/t15-/m1/s1. The van der Waals surface area contributed by atoms with Gasteiger partial charge in [0.05, 0.1) is 12.5 Å². The van der Waals surface area contributed by atoms with Crippen LogP contribution in [0.25, 0.3) is 0 Å². The monoisotopic (exact) mass is 364 g/mol. The summed E-state index contributed by atoms with van der Waals surface area (Å²) >= 11 is 0. The summed E-state index contributed by atoms with van der Waals surface area (Å²) in [6.45, 7) is 1.92. The smallest absolute Gasteiger partial charge is 0.269 e. The summed E-state index contributed by atoms with van der Waals surface area (Å²) < 4.78 is 0. The van der Waals surface area contributed by atoms with Gasteiger partial charge in [0.2, 0.25) is 12.3 Å². The van der Waals surface area contributed by atoms with Crippen LogP contribution in [-0.2, 0) is 9.59 Å². The molecule has 1 rings (SSSR count). The fourth-order valence-corrected chi connectivity index (χ4v) is 2.42. The third kappa shape index (κ3) is 7.10. The van der Waals surface area contributed by atoms with Crippen molar-refractivity contribution in [3.63, 3.8) is 0 Å². The van der Waals surface area contributed by atoms with E-state index in [4.69, 9.17) is 0 Å². The predicted octanol–water partition coefficient (Wildman–Crippen LogP) is 1.56. The first-order chi connectivity index (χ1) is 12.4. The number of hydroxylamine groups is 2. The average Bonchev–Trinajstić information content (AvgIpc) is 2.64. The summed E-state index contributed by atoms with van der Waals surface area (Å²) in [7, 11) is 3.80. The molecule has 0 heterocycles. The Kier molecular flexibility index (Phi) is 9.14. The molecule has 0 aliphatic heterocycles. The van der Waals surface area contributed by atoms with Crippen molar-refractivity contribution in [2.24, 2.45) is 5.92 Å². The Labute approximate surface area is 154 Å². The second kappa shape index (κ2) is 11.1. The highest BCUT2D eigenvalue weighted by molar-refractivity contribution is 5.95. The molecule has 0 aliphatic rings. The summed E-state index contributed by atoms with van der Waals surface area (Å²) in [5.41, 5.74) is 6.11. The minimum atomic E-state index is -0.604. The minimum absolute atomic E-state index is 0.119. The number of nitrogens with one attached hydrogen (secondary N) is 2. The summed E-state index contributed by atoms with van der Waals surface area (Å²) in [6.07, 6.45) is 3.50. The van der Waals surface area contributed by atoms with Gasteiger partial charge in [0.25, 0.3) is 5.91 Å². The Bertz CT molecular complexity index is 589. The third-order valence-electron chi connectivity index (χ3n) is 4.00. The summed E-state index contributed by atoms with van der Waals surface area (Å²) in [6, 6.07) is 6.94. The lowest BCUT2D eigenvalue weighted by Crippen LogP contribution is -2.46. The number of unbranched alkanes of at least 4 members (excludes halogenated alkanes) is 2. The molecule has 3 N–H and O–H groups in total. The number of rotatable bonds is 10. The highest BCUT2D eigenvalue weighted by atomic mass is 16.5. The van der Waals surface area contributed by atoms with E-state index in [0.29, 0.717) is 17.0 Å². The van der Waals surface area contributed by atoms with Crippen molar-refractivity contribution in [1.82, 2.24) is 15.9 Å². The maximum atomic E-state index is 12.3. The fraction of sp³-hybridized carbons (Fsp3) is 0.500. The molecule has 0 unspecified atom stereocenters. The molecule has 1 aromatic rings. The molecule has 0 bridgehead atoms. The Hall–Kier alpha value is -2.61. The van der Waals surface area contributed by atoms with Crippen LogP contribution >= 0.6 is 0 Å². The molecule has 0 saturated heterocycles. The van der Waals surface area contributed by atoms with Crippen molar-refractivity contribution >= 4 is 23.9 Å². The van der Waals surface area contributed by atoms with Crippen LogP contribution in [0.4, 0.5) is 5.69 Å². The molecule has 26 heavy (non-hydrogen) atoms. The lowest BCUT2D eigenvalue weighted by atomic mass is 10.0. The lowest BCUT2D eigenvalue weighted by molar-refractivity contribution is -0.154. The second-order valence-corrected chi connectivity index (χ2v) is 6.30. The van der Waals surface area contributed by atoms with Crippen LogP contribution in [0.5, 0.6) is 0 Å². The Morgan fingerprint density at radius 3 is 2.35 bits per heavy atom. The van der Waals surface area contributed by atoms with Gasteiger partial charge in [0.15, 0.2) is 0 Å². The first kappa shape index (κ1) is 21.4. The van der Waals surface area contributed by atoms with Crippen molar-refractivity contribution in [2.45, 2.75) is 32.6 Å². The van der Waals surface area contributed by atoms with Crippen molar-refractivity contribution < 1.29 is 19.6 Å². The molecular weight excluding hydrogens is 336 g/mol. The molecule has 0 saturated carbocycles. The molecule has 8 heteroatoms. The number of hydrogen-bond acceptors (Lipinski definition) is 5. The van der Waals surface area contributed by atoms with Gasteiger partial charge in [0.1, 0.15) is 0 Å². The van der Waals surface area contributed by atoms with E-state index in [1.165, 1.54) is 0 Å². The van der Waals surface area contributed by atoms with E-state index in [9.17, 15) is 19.6 Å². The number of nitrogens with zero attached hydrogens (tertiary/aromatic N) is 2. The zero-order chi connectivity index (χ0) is 19.5. The van der Waals surface area contributed by atoms with Crippen LogP contribution in [0.1, 0.15) is 43.0 Å². The van der Waals surface area contributed by atoms with E-state index in [2.05, 4.69) is 10.9 Å². The van der Waals surface area contributed by atoms with Crippen molar-refractivity contribution in [2.75, 3.05) is 25.5 Å². The van der Waals surface area contributed by atoms with Gasteiger partial charge in [-0.25, -0.2) is 5.06 Å². The Balaban J connectivity index is 2.61. The average molecular weight is 364 g/mol. The predicted molar refractivity (Wildman–Crippen MR) is 98.6 cm³/mol. The molecule has 144 valence electrons. The van der Waals surface area contributed by atoms with E-state index >= 15 is 0 Å². The van der Waals surface area contributed by atoms with E-state index in [-0.39, 0.29) is 13.0 Å². The Morgan fingerprint density at radius 2 is 1.81 bits per heavy atom. The van der Waals surface area contributed by atoms with Crippen LogP contribution in [0.3, 0.4) is 0 Å². The first-order valence-electron chi connectivity index (χ1n) is 8.67. The van der Waals surface area contributed by atoms with Gasteiger partial charge in [-0.2, -0.15) is 0 Å². The molecule has 8 nitrogen and oxygen atoms in total. The highest BCUT2D eigenvalue weighted by Gasteiger charge is 2.21. The number of hydrogen-bond donors (Lipinski definition) is 3. The zero-order valence-electron chi connectivity index (χ0n) is 15.6. The van der Waals surface area contributed by atoms with Crippen LogP contribution in [0, 0.1) is 5.92 Å². The van der Waals surface area contributed by atoms with Gasteiger partial charge in [-0.05, 0) is 30.7 Å². The quantitative estimate of drug-likeness (QED) is 0.253. The molecule has 0 aliphatic carbocycles. The SMILES string of the molecule is CCCCC[C@H](CN(O)C=O)C(=O)NNC(=O)c1ccc(N(C)C)cc1. The van der Waals surface area contributed by atoms with Gasteiger partial charge < -0.3 is 4.90 Å². The number of anilines is 1. The highest BCUT2D eigenvalue weighted by Crippen LogP contribution is 2.13. The lowest BCUT2D eigenvalue weighted by Gasteiger charge is -2.19. The van der Waals surface area contributed by atoms with Crippen LogP contribution < -0.4 is 15.8 Å². The minimum Gasteiger partial charge on any atom is -0.378 e. The van der Waals surface area contributed by atoms with Gasteiger partial charge in [-0.3, -0.25) is 30.4 Å².